The summed E-state index contributed by atoms with van der Waals surface area (Å²) in [7, 11) is -1.34. The van der Waals surface area contributed by atoms with Gasteiger partial charge in [-0.15, -0.1) is 11.3 Å². The second-order valence-electron chi connectivity index (χ2n) is 5.95. The minimum atomic E-state index is -1.34. The molecule has 3 aromatic rings. The van der Waals surface area contributed by atoms with Crippen LogP contribution in [0.2, 0.25) is 5.02 Å². The first-order valence-electron chi connectivity index (χ1n) is 8.37. The van der Waals surface area contributed by atoms with Gasteiger partial charge in [0.1, 0.15) is 11.5 Å². The highest BCUT2D eigenvalue weighted by molar-refractivity contribution is 7.84. The Labute approximate surface area is 169 Å². The molecule has 0 saturated carbocycles. The zero-order valence-electron chi connectivity index (χ0n) is 14.7. The Balaban J connectivity index is 1.46. The highest BCUT2D eigenvalue weighted by Crippen LogP contribution is 2.26. The second-order valence-corrected chi connectivity index (χ2v) is 8.80. The van der Waals surface area contributed by atoms with Crippen molar-refractivity contribution in [1.29, 1.82) is 0 Å². The van der Waals surface area contributed by atoms with Gasteiger partial charge in [-0.3, -0.25) is 9.00 Å². The minimum Gasteiger partial charge on any atom is -0.440 e. The van der Waals surface area contributed by atoms with Crippen molar-refractivity contribution in [3.8, 4) is 10.8 Å². The van der Waals surface area contributed by atoms with Crippen LogP contribution >= 0.6 is 22.9 Å². The summed E-state index contributed by atoms with van der Waals surface area (Å²) in [5.41, 5.74) is 1.71. The SMILES string of the molecule is Cc1oc(-c2cccs2)nc1C[S@](=O)CC(=O)NCCc1ccc(Cl)cc1. The van der Waals surface area contributed by atoms with Gasteiger partial charge in [0.15, 0.2) is 0 Å². The molecule has 0 aliphatic carbocycles. The molecule has 27 heavy (non-hydrogen) atoms. The van der Waals surface area contributed by atoms with Crippen LogP contribution in [0.4, 0.5) is 0 Å². The van der Waals surface area contributed by atoms with Gasteiger partial charge in [0.25, 0.3) is 0 Å². The summed E-state index contributed by atoms with van der Waals surface area (Å²) in [5, 5.41) is 5.43. The van der Waals surface area contributed by atoms with Gasteiger partial charge in [-0.1, -0.05) is 29.8 Å². The number of hydrogen-bond donors (Lipinski definition) is 1. The highest BCUT2D eigenvalue weighted by Gasteiger charge is 2.16. The Kier molecular flexibility index (Phi) is 6.82. The lowest BCUT2D eigenvalue weighted by Crippen LogP contribution is -2.30. The van der Waals surface area contributed by atoms with Gasteiger partial charge >= 0.3 is 0 Å². The molecule has 142 valence electrons. The Morgan fingerprint density at radius 1 is 1.30 bits per heavy atom. The number of oxazole rings is 1. The molecular formula is C19H19ClN2O3S2. The third-order valence-electron chi connectivity index (χ3n) is 3.86. The normalized spacial score (nSPS) is 12.1. The lowest BCUT2D eigenvalue weighted by Gasteiger charge is -2.05. The van der Waals surface area contributed by atoms with Crippen LogP contribution < -0.4 is 5.32 Å². The first-order valence-corrected chi connectivity index (χ1v) is 11.1. The summed E-state index contributed by atoms with van der Waals surface area (Å²) < 4.78 is 17.9. The number of rotatable bonds is 8. The number of carbonyl (C=O) groups is 1. The van der Waals surface area contributed by atoms with Crippen molar-refractivity contribution in [3.63, 3.8) is 0 Å². The molecule has 0 radical (unpaired) electrons. The molecule has 2 aromatic heterocycles. The number of carbonyl (C=O) groups excluding carboxylic acids is 1. The van der Waals surface area contributed by atoms with Crippen LogP contribution in [0.5, 0.6) is 0 Å². The fourth-order valence-corrected chi connectivity index (χ4v) is 4.31. The zero-order chi connectivity index (χ0) is 19.2. The summed E-state index contributed by atoms with van der Waals surface area (Å²) in [4.78, 5) is 17.3. The van der Waals surface area contributed by atoms with E-state index in [0.717, 1.165) is 10.4 Å². The van der Waals surface area contributed by atoms with E-state index < -0.39 is 10.8 Å². The third kappa shape index (κ3) is 5.76. The van der Waals surface area contributed by atoms with Crippen LogP contribution in [0.25, 0.3) is 10.8 Å². The predicted molar refractivity (Wildman–Crippen MR) is 109 cm³/mol. The summed E-state index contributed by atoms with van der Waals surface area (Å²) in [6.45, 7) is 2.28. The van der Waals surface area contributed by atoms with Crippen molar-refractivity contribution in [1.82, 2.24) is 10.3 Å². The molecule has 1 aromatic carbocycles. The van der Waals surface area contributed by atoms with Crippen LogP contribution in [-0.2, 0) is 27.8 Å². The van der Waals surface area contributed by atoms with Crippen molar-refractivity contribution in [2.24, 2.45) is 0 Å². The lowest BCUT2D eigenvalue weighted by atomic mass is 10.1. The molecule has 1 amide bonds. The molecule has 0 fully saturated rings. The molecule has 0 bridgehead atoms. The number of benzene rings is 1. The summed E-state index contributed by atoms with van der Waals surface area (Å²) in [6, 6.07) is 11.3. The molecule has 0 aliphatic rings. The first kappa shape index (κ1) is 19.8. The number of aryl methyl sites for hydroxylation is 1. The van der Waals surface area contributed by atoms with Crippen LogP contribution in [0.15, 0.2) is 46.2 Å². The van der Waals surface area contributed by atoms with Crippen LogP contribution in [0.1, 0.15) is 17.0 Å². The fourth-order valence-electron chi connectivity index (χ4n) is 2.47. The molecule has 0 unspecified atom stereocenters. The van der Waals surface area contributed by atoms with Crippen LogP contribution in [0.3, 0.4) is 0 Å². The van der Waals surface area contributed by atoms with E-state index in [4.69, 9.17) is 16.0 Å². The molecule has 5 nitrogen and oxygen atoms in total. The molecule has 0 aliphatic heterocycles. The van der Waals surface area contributed by atoms with Gasteiger partial charge in [0.05, 0.1) is 16.3 Å². The van der Waals surface area contributed by atoms with Crippen LogP contribution in [0, 0.1) is 6.92 Å². The Hall–Kier alpha value is -1.96. The topological polar surface area (TPSA) is 72.2 Å². The van der Waals surface area contributed by atoms with E-state index in [1.807, 2.05) is 41.8 Å². The summed E-state index contributed by atoms with van der Waals surface area (Å²) >= 11 is 7.38. The quantitative estimate of drug-likeness (QED) is 0.596. The van der Waals surface area contributed by atoms with E-state index in [2.05, 4.69) is 10.3 Å². The fraction of sp³-hybridized carbons (Fsp3) is 0.263. The van der Waals surface area contributed by atoms with E-state index >= 15 is 0 Å². The summed E-state index contributed by atoms with van der Waals surface area (Å²) in [5.74, 6) is 1.07. The molecular weight excluding hydrogens is 404 g/mol. The van der Waals surface area contributed by atoms with Gasteiger partial charge in [0.2, 0.25) is 11.8 Å². The van der Waals surface area contributed by atoms with Crippen molar-refractivity contribution in [3.05, 3.63) is 63.8 Å². The number of nitrogens with zero attached hydrogens (tertiary/aromatic N) is 1. The van der Waals surface area contributed by atoms with Crippen molar-refractivity contribution in [2.75, 3.05) is 12.3 Å². The smallest absolute Gasteiger partial charge is 0.236 e. The molecule has 0 spiro atoms. The minimum absolute atomic E-state index is 0.0543. The number of aromatic nitrogens is 1. The van der Waals surface area contributed by atoms with Gasteiger partial charge in [0, 0.05) is 22.4 Å². The number of hydrogen-bond acceptors (Lipinski definition) is 5. The highest BCUT2D eigenvalue weighted by atomic mass is 35.5. The maximum atomic E-state index is 12.3. The number of nitrogens with one attached hydrogen (secondary N) is 1. The average Bonchev–Trinajstić information content (AvgIpc) is 3.27. The zero-order valence-corrected chi connectivity index (χ0v) is 17.1. The van der Waals surface area contributed by atoms with E-state index in [1.165, 1.54) is 11.3 Å². The summed E-state index contributed by atoms with van der Waals surface area (Å²) in [6.07, 6.45) is 0.697. The predicted octanol–water partition coefficient (Wildman–Crippen LogP) is 3.97. The third-order valence-corrected chi connectivity index (χ3v) is 6.15. The molecule has 1 N–H and O–H groups in total. The standard InChI is InChI=1S/C19H19ClN2O3S2/c1-13-16(22-19(25-13)17-3-2-10-26-17)11-27(24)12-18(23)21-9-8-14-4-6-15(20)7-5-14/h2-7,10H,8-9,11-12H2,1H3,(H,21,23)/t27-/m0/s1. The van der Waals surface area contributed by atoms with Crippen molar-refractivity contribution in [2.45, 2.75) is 19.1 Å². The van der Waals surface area contributed by atoms with Crippen molar-refractivity contribution < 1.29 is 13.4 Å². The monoisotopic (exact) mass is 422 g/mol. The molecule has 0 saturated heterocycles. The van der Waals surface area contributed by atoms with Gasteiger partial charge in [-0.25, -0.2) is 4.98 Å². The molecule has 1 atom stereocenters. The molecule has 8 heteroatoms. The van der Waals surface area contributed by atoms with E-state index in [-0.39, 0.29) is 17.4 Å². The van der Waals surface area contributed by atoms with E-state index in [0.29, 0.717) is 35.3 Å². The number of halogens is 1. The Bertz CT molecular complexity index is 921. The average molecular weight is 423 g/mol. The first-order chi connectivity index (χ1) is 13.0. The van der Waals surface area contributed by atoms with E-state index in [9.17, 15) is 9.00 Å². The van der Waals surface area contributed by atoms with Crippen molar-refractivity contribution >= 4 is 39.6 Å². The largest absolute Gasteiger partial charge is 0.440 e. The number of amides is 1. The van der Waals surface area contributed by atoms with Gasteiger partial charge in [-0.05, 0) is 42.5 Å². The molecule has 2 heterocycles. The molecule has 3 rings (SSSR count). The van der Waals surface area contributed by atoms with Gasteiger partial charge < -0.3 is 9.73 Å². The van der Waals surface area contributed by atoms with Crippen LogP contribution in [-0.4, -0.2) is 27.4 Å². The van der Waals surface area contributed by atoms with E-state index in [1.54, 1.807) is 6.92 Å². The number of thiophene rings is 1. The second kappa shape index (κ2) is 9.30. The maximum Gasteiger partial charge on any atom is 0.236 e. The Morgan fingerprint density at radius 2 is 2.07 bits per heavy atom. The Morgan fingerprint density at radius 3 is 2.78 bits per heavy atom. The maximum absolute atomic E-state index is 12.3. The van der Waals surface area contributed by atoms with Gasteiger partial charge in [-0.2, -0.15) is 0 Å². The lowest BCUT2D eigenvalue weighted by molar-refractivity contribution is -0.118.